The van der Waals surface area contributed by atoms with Gasteiger partial charge in [0.2, 0.25) is 29.5 Å². The largest absolute Gasteiger partial charge is 0.445 e. The molecular formula is C35H51N7O9. The molecule has 0 saturated heterocycles. The van der Waals surface area contributed by atoms with Crippen LogP contribution in [0.15, 0.2) is 36.4 Å². The zero-order valence-corrected chi connectivity index (χ0v) is 30.3. The van der Waals surface area contributed by atoms with E-state index in [9.17, 15) is 38.4 Å². The number of rotatable bonds is 19. The predicted molar refractivity (Wildman–Crippen MR) is 187 cm³/mol. The van der Waals surface area contributed by atoms with E-state index in [4.69, 9.17) is 10.5 Å². The van der Waals surface area contributed by atoms with E-state index in [1.54, 1.807) is 38.1 Å². The number of nitrogens with two attached hydrogens (primary N) is 1. The van der Waals surface area contributed by atoms with E-state index in [1.807, 2.05) is 27.7 Å². The highest BCUT2D eigenvalue weighted by atomic mass is 16.6. The molecule has 0 bridgehead atoms. The summed E-state index contributed by atoms with van der Waals surface area (Å²) in [6.07, 6.45) is 1.87. The van der Waals surface area contributed by atoms with Gasteiger partial charge < -0.3 is 31.7 Å². The van der Waals surface area contributed by atoms with Crippen LogP contribution in [0.25, 0.3) is 0 Å². The SMILES string of the molecule is CC(C)C[C@H](NC(=O)[C@@H](CC(C)C)NC(=O)CCN1C(=O)C=CC1=O)C(=O)NCC(=O)Nc1ccc(COC(=O)N(C)[C@H](C(N)=O)C(C)C)cc1. The number of benzene rings is 1. The highest BCUT2D eigenvalue weighted by Crippen LogP contribution is 2.14. The number of carbonyl (C=O) groups is 8. The third-order valence-corrected chi connectivity index (χ3v) is 7.81. The van der Waals surface area contributed by atoms with Crippen LogP contribution in [0.2, 0.25) is 0 Å². The molecule has 1 aliphatic rings. The third kappa shape index (κ3) is 13.9. The van der Waals surface area contributed by atoms with Gasteiger partial charge in [-0.05, 0) is 48.3 Å². The molecule has 16 heteroatoms. The van der Waals surface area contributed by atoms with Crippen molar-refractivity contribution in [3.63, 3.8) is 0 Å². The Bertz CT molecular complexity index is 1460. The Labute approximate surface area is 298 Å². The van der Waals surface area contributed by atoms with Gasteiger partial charge in [0.1, 0.15) is 24.7 Å². The summed E-state index contributed by atoms with van der Waals surface area (Å²) < 4.78 is 5.29. The van der Waals surface area contributed by atoms with Crippen molar-refractivity contribution < 1.29 is 43.1 Å². The summed E-state index contributed by atoms with van der Waals surface area (Å²) >= 11 is 0. The molecule has 16 nitrogen and oxygen atoms in total. The van der Waals surface area contributed by atoms with Crippen molar-refractivity contribution in [3.05, 3.63) is 42.0 Å². The number of imide groups is 1. The molecule has 0 spiro atoms. The Hall–Kier alpha value is -5.28. The Morgan fingerprint density at radius 2 is 1.35 bits per heavy atom. The Kier molecular flexibility index (Phi) is 16.3. The summed E-state index contributed by atoms with van der Waals surface area (Å²) in [4.78, 5) is 102. The second-order valence-electron chi connectivity index (χ2n) is 13.6. The molecule has 0 aromatic heterocycles. The maximum Gasteiger partial charge on any atom is 0.410 e. The highest BCUT2D eigenvalue weighted by Gasteiger charge is 2.30. The van der Waals surface area contributed by atoms with E-state index in [1.165, 1.54) is 7.05 Å². The van der Waals surface area contributed by atoms with Crippen molar-refractivity contribution in [3.8, 4) is 0 Å². The molecule has 0 saturated carbocycles. The number of carbonyl (C=O) groups excluding carboxylic acids is 8. The van der Waals surface area contributed by atoms with Crippen molar-refractivity contribution in [1.82, 2.24) is 25.8 Å². The number of nitrogens with zero attached hydrogens (tertiary/aromatic N) is 2. The molecule has 3 atom stereocenters. The molecule has 0 fully saturated rings. The van der Waals surface area contributed by atoms with Crippen LogP contribution >= 0.6 is 0 Å². The summed E-state index contributed by atoms with van der Waals surface area (Å²) in [6, 6.07) is 3.66. The number of hydrogen-bond donors (Lipinski definition) is 5. The molecule has 1 aliphatic heterocycles. The first-order valence-electron chi connectivity index (χ1n) is 16.9. The molecule has 0 radical (unpaired) electrons. The summed E-state index contributed by atoms with van der Waals surface area (Å²) in [5.41, 5.74) is 6.45. The van der Waals surface area contributed by atoms with E-state index < -0.39 is 65.6 Å². The average Bonchev–Trinajstić information content (AvgIpc) is 3.36. The van der Waals surface area contributed by atoms with Crippen LogP contribution in [0.1, 0.15) is 66.4 Å². The van der Waals surface area contributed by atoms with Crippen molar-refractivity contribution >= 4 is 53.1 Å². The number of anilines is 1. The van der Waals surface area contributed by atoms with E-state index in [-0.39, 0.29) is 56.7 Å². The fourth-order valence-corrected chi connectivity index (χ4v) is 5.32. The first-order valence-corrected chi connectivity index (χ1v) is 16.9. The average molecular weight is 714 g/mol. The summed E-state index contributed by atoms with van der Waals surface area (Å²) in [5, 5.41) is 10.6. The Morgan fingerprint density at radius 1 is 0.804 bits per heavy atom. The molecular weight excluding hydrogens is 662 g/mol. The smallest absolute Gasteiger partial charge is 0.410 e. The van der Waals surface area contributed by atoms with Gasteiger partial charge in [-0.15, -0.1) is 0 Å². The maximum absolute atomic E-state index is 13.3. The molecule has 6 N–H and O–H groups in total. The van der Waals surface area contributed by atoms with Gasteiger partial charge in [0.25, 0.3) is 11.8 Å². The van der Waals surface area contributed by atoms with E-state index in [0.29, 0.717) is 11.3 Å². The molecule has 0 aliphatic carbocycles. The van der Waals surface area contributed by atoms with Crippen LogP contribution in [-0.4, -0.2) is 95.5 Å². The van der Waals surface area contributed by atoms with Crippen LogP contribution in [0.3, 0.4) is 0 Å². The van der Waals surface area contributed by atoms with Crippen molar-refractivity contribution in [1.29, 1.82) is 0 Å². The van der Waals surface area contributed by atoms with Crippen LogP contribution < -0.4 is 27.0 Å². The highest BCUT2D eigenvalue weighted by molar-refractivity contribution is 6.13. The minimum absolute atomic E-state index is 0.00426. The summed E-state index contributed by atoms with van der Waals surface area (Å²) in [5.74, 6) is -4.09. The van der Waals surface area contributed by atoms with Crippen molar-refractivity contribution in [2.75, 3.05) is 25.5 Å². The van der Waals surface area contributed by atoms with Crippen LogP contribution in [-0.2, 0) is 44.9 Å². The standard InChI is InChI=1S/C35H51N7O9/c1-20(2)16-25(40-34(49)26(17-21(3)4)39-27(43)14-15-42-29(45)12-13-30(42)46)33(48)37-18-28(44)38-24-10-8-23(9-11-24)19-51-35(50)41(7)31(22(5)6)32(36)47/h8-13,20-22,25-26,31H,14-19H2,1-7H3,(H2,36,47)(H,37,48)(H,38,44)(H,39,43)(H,40,49)/t25-,26+,31-/m0/s1. The lowest BCUT2D eigenvalue weighted by molar-refractivity contribution is -0.137. The topological polar surface area (TPSA) is 226 Å². The quantitative estimate of drug-likeness (QED) is 0.130. The van der Waals surface area contributed by atoms with E-state index >= 15 is 0 Å². The molecule has 0 unspecified atom stereocenters. The number of nitrogens with one attached hydrogen (secondary N) is 4. The number of ether oxygens (including phenoxy) is 1. The van der Waals surface area contributed by atoms with Gasteiger partial charge in [-0.2, -0.15) is 0 Å². The molecule has 1 aromatic carbocycles. The van der Waals surface area contributed by atoms with Crippen LogP contribution in [0.4, 0.5) is 10.5 Å². The van der Waals surface area contributed by atoms with Crippen LogP contribution in [0, 0.1) is 17.8 Å². The second-order valence-corrected chi connectivity index (χ2v) is 13.6. The fraction of sp³-hybridized carbons (Fsp3) is 0.543. The van der Waals surface area contributed by atoms with E-state index in [0.717, 1.165) is 22.0 Å². The maximum atomic E-state index is 13.3. The number of primary amides is 1. The van der Waals surface area contributed by atoms with Gasteiger partial charge in [-0.25, -0.2) is 4.79 Å². The fourth-order valence-electron chi connectivity index (χ4n) is 5.32. The molecule has 1 aromatic rings. The minimum atomic E-state index is -0.998. The van der Waals surface area contributed by atoms with Gasteiger partial charge in [-0.3, -0.25) is 43.4 Å². The van der Waals surface area contributed by atoms with Gasteiger partial charge in [0.05, 0.1) is 6.54 Å². The van der Waals surface area contributed by atoms with Crippen molar-refractivity contribution in [2.24, 2.45) is 23.5 Å². The van der Waals surface area contributed by atoms with Gasteiger partial charge >= 0.3 is 6.09 Å². The minimum Gasteiger partial charge on any atom is -0.445 e. The Morgan fingerprint density at radius 3 is 1.86 bits per heavy atom. The monoisotopic (exact) mass is 713 g/mol. The first kappa shape index (κ1) is 41.9. The summed E-state index contributed by atoms with van der Waals surface area (Å²) in [6.45, 7) is 10.4. The summed E-state index contributed by atoms with van der Waals surface area (Å²) in [7, 11) is 1.44. The van der Waals surface area contributed by atoms with Crippen molar-refractivity contribution in [2.45, 2.75) is 85.5 Å². The molecule has 1 heterocycles. The van der Waals surface area contributed by atoms with Gasteiger partial charge in [-0.1, -0.05) is 53.7 Å². The number of likely N-dealkylation sites (N-methyl/N-ethyl adjacent to an activating group) is 1. The third-order valence-electron chi connectivity index (χ3n) is 7.81. The van der Waals surface area contributed by atoms with Gasteiger partial charge in [0, 0.05) is 37.9 Å². The van der Waals surface area contributed by atoms with Crippen LogP contribution in [0.5, 0.6) is 0 Å². The van der Waals surface area contributed by atoms with E-state index in [2.05, 4.69) is 21.3 Å². The lowest BCUT2D eigenvalue weighted by Gasteiger charge is -2.27. The normalized spacial score (nSPS) is 14.3. The molecule has 8 amide bonds. The first-order chi connectivity index (χ1) is 23.9. The second kappa shape index (κ2) is 19.8. The zero-order valence-electron chi connectivity index (χ0n) is 30.3. The molecule has 280 valence electrons. The molecule has 51 heavy (non-hydrogen) atoms. The zero-order chi connectivity index (χ0) is 38.4. The predicted octanol–water partition coefficient (Wildman–Crippen LogP) is 1.20. The number of hydrogen-bond acceptors (Lipinski definition) is 9. The molecule has 2 rings (SSSR count). The Balaban J connectivity index is 1.92. The van der Waals surface area contributed by atoms with Gasteiger partial charge in [0.15, 0.2) is 0 Å². The number of amides is 8. The lowest BCUT2D eigenvalue weighted by Crippen LogP contribution is -2.55. The lowest BCUT2D eigenvalue weighted by atomic mass is 10.00.